The third-order valence-corrected chi connectivity index (χ3v) is 4.51. The lowest BCUT2D eigenvalue weighted by Gasteiger charge is -2.05. The average Bonchev–Trinajstić information content (AvgIpc) is 3.07. The first-order valence-electron chi connectivity index (χ1n) is 7.64. The van der Waals surface area contributed by atoms with Gasteiger partial charge in [-0.3, -0.25) is 5.43 Å². The van der Waals surface area contributed by atoms with E-state index in [1.165, 1.54) is 25.5 Å². The van der Waals surface area contributed by atoms with Crippen molar-refractivity contribution in [2.45, 2.75) is 6.18 Å². The molecule has 0 saturated heterocycles. The monoisotopic (exact) mass is 395 g/mol. The first kappa shape index (κ1) is 18.8. The minimum Gasteiger partial charge on any atom is -0.496 e. The Morgan fingerprint density at radius 1 is 1.11 bits per heavy atom. The van der Waals surface area contributed by atoms with Gasteiger partial charge >= 0.3 is 6.18 Å². The molecule has 2 aromatic carbocycles. The zero-order valence-corrected chi connectivity index (χ0v) is 14.7. The van der Waals surface area contributed by atoms with E-state index in [0.29, 0.717) is 11.3 Å². The molecule has 0 amide bonds. The molecule has 27 heavy (non-hydrogen) atoms. The third kappa shape index (κ3) is 4.43. The molecule has 3 aromatic rings. The number of alkyl halides is 3. The summed E-state index contributed by atoms with van der Waals surface area (Å²) in [4.78, 5) is 3.48. The minimum absolute atomic E-state index is 0.0344. The number of nitrogens with zero attached hydrogens (tertiary/aromatic N) is 2. The van der Waals surface area contributed by atoms with Crippen molar-refractivity contribution >= 4 is 22.7 Å². The summed E-state index contributed by atoms with van der Waals surface area (Å²) in [7, 11) is 1.51. The van der Waals surface area contributed by atoms with Crippen LogP contribution < -0.4 is 10.2 Å². The smallest absolute Gasteiger partial charge is 0.434 e. The molecule has 0 radical (unpaired) electrons. The maximum Gasteiger partial charge on any atom is 0.434 e. The largest absolute Gasteiger partial charge is 0.496 e. The molecule has 0 saturated carbocycles. The predicted octanol–water partition coefficient (Wildman–Crippen LogP) is 5.42. The molecule has 0 aliphatic carbocycles. The summed E-state index contributed by atoms with van der Waals surface area (Å²) >= 11 is 0.781. The molecule has 9 heteroatoms. The highest BCUT2D eigenvalue weighted by Gasteiger charge is 2.38. The third-order valence-electron chi connectivity index (χ3n) is 3.50. The Bertz CT molecular complexity index is 952. The molecule has 0 fully saturated rings. The summed E-state index contributed by atoms with van der Waals surface area (Å²) in [6.45, 7) is 0. The Labute approximate surface area is 156 Å². The van der Waals surface area contributed by atoms with Gasteiger partial charge in [0.25, 0.3) is 0 Å². The molecular formula is C18H13F4N3OS. The van der Waals surface area contributed by atoms with Crippen LogP contribution in [0.5, 0.6) is 5.75 Å². The van der Waals surface area contributed by atoms with Crippen molar-refractivity contribution in [3.8, 4) is 16.2 Å². The van der Waals surface area contributed by atoms with Gasteiger partial charge in [-0.05, 0) is 29.8 Å². The Kier molecular flexibility index (Phi) is 5.41. The van der Waals surface area contributed by atoms with Crippen molar-refractivity contribution in [1.82, 2.24) is 4.98 Å². The second-order valence-electron chi connectivity index (χ2n) is 5.31. The second kappa shape index (κ2) is 7.75. The topological polar surface area (TPSA) is 46.5 Å². The maximum absolute atomic E-state index is 13.3. The first-order chi connectivity index (χ1) is 12.9. The zero-order valence-electron chi connectivity index (χ0n) is 13.9. The van der Waals surface area contributed by atoms with Crippen molar-refractivity contribution in [3.63, 3.8) is 0 Å². The van der Waals surface area contributed by atoms with Gasteiger partial charge in [-0.15, -0.1) is 0 Å². The van der Waals surface area contributed by atoms with Gasteiger partial charge in [0.05, 0.1) is 18.2 Å². The van der Waals surface area contributed by atoms with Gasteiger partial charge in [-0.2, -0.15) is 18.3 Å². The van der Waals surface area contributed by atoms with E-state index >= 15 is 0 Å². The van der Waals surface area contributed by atoms with Crippen molar-refractivity contribution in [1.29, 1.82) is 0 Å². The number of hydrogen-bond acceptors (Lipinski definition) is 5. The fourth-order valence-electron chi connectivity index (χ4n) is 2.29. The SMILES string of the molecule is COc1ccccc1C=NNc1nc(C(F)(F)F)c(-c2ccc(F)cc2)s1. The van der Waals surface area contributed by atoms with E-state index in [1.807, 2.05) is 0 Å². The van der Waals surface area contributed by atoms with Crippen LogP contribution in [0.4, 0.5) is 22.7 Å². The molecule has 0 aliphatic heterocycles. The van der Waals surface area contributed by atoms with Crippen LogP contribution in [0.1, 0.15) is 11.3 Å². The molecule has 0 bridgehead atoms. The van der Waals surface area contributed by atoms with Gasteiger partial charge < -0.3 is 4.74 Å². The molecule has 0 unspecified atom stereocenters. The Hall–Kier alpha value is -2.94. The number of nitrogens with one attached hydrogen (secondary N) is 1. The van der Waals surface area contributed by atoms with Crippen molar-refractivity contribution in [2.24, 2.45) is 5.10 Å². The van der Waals surface area contributed by atoms with E-state index in [2.05, 4.69) is 15.5 Å². The predicted molar refractivity (Wildman–Crippen MR) is 96.7 cm³/mol. The lowest BCUT2D eigenvalue weighted by molar-refractivity contribution is -0.140. The number of methoxy groups -OCH3 is 1. The lowest BCUT2D eigenvalue weighted by Crippen LogP contribution is -2.07. The van der Waals surface area contributed by atoms with Crippen molar-refractivity contribution in [3.05, 3.63) is 65.6 Å². The van der Waals surface area contributed by atoms with E-state index < -0.39 is 17.7 Å². The van der Waals surface area contributed by atoms with Crippen LogP contribution in [0.3, 0.4) is 0 Å². The van der Waals surface area contributed by atoms with E-state index in [0.717, 1.165) is 23.5 Å². The molecule has 1 aromatic heterocycles. The van der Waals surface area contributed by atoms with Gasteiger partial charge in [0.1, 0.15) is 11.6 Å². The molecular weight excluding hydrogens is 382 g/mol. The highest BCUT2D eigenvalue weighted by atomic mass is 32.1. The summed E-state index contributed by atoms with van der Waals surface area (Å²) in [5.41, 5.74) is 2.34. The van der Waals surface area contributed by atoms with Gasteiger partial charge in [-0.1, -0.05) is 35.6 Å². The Balaban J connectivity index is 1.88. The highest BCUT2D eigenvalue weighted by molar-refractivity contribution is 7.19. The number of aromatic nitrogens is 1. The number of anilines is 1. The molecule has 140 valence electrons. The van der Waals surface area contributed by atoms with Crippen molar-refractivity contribution in [2.75, 3.05) is 12.5 Å². The number of ether oxygens (including phenoxy) is 1. The first-order valence-corrected chi connectivity index (χ1v) is 8.46. The van der Waals surface area contributed by atoms with E-state index in [4.69, 9.17) is 4.74 Å². The number of rotatable bonds is 5. The van der Waals surface area contributed by atoms with Gasteiger partial charge in [-0.25, -0.2) is 9.37 Å². The molecule has 0 spiro atoms. The van der Waals surface area contributed by atoms with Gasteiger partial charge in [0.15, 0.2) is 5.69 Å². The lowest BCUT2D eigenvalue weighted by atomic mass is 10.1. The molecule has 1 N–H and O–H groups in total. The summed E-state index contributed by atoms with van der Waals surface area (Å²) in [6.07, 6.45) is -3.22. The molecule has 3 rings (SSSR count). The van der Waals surface area contributed by atoms with E-state index in [-0.39, 0.29) is 15.6 Å². The Morgan fingerprint density at radius 2 is 1.81 bits per heavy atom. The van der Waals surface area contributed by atoms with Crippen LogP contribution >= 0.6 is 11.3 Å². The fourth-order valence-corrected chi connectivity index (χ4v) is 3.23. The molecule has 0 aliphatic rings. The molecule has 1 heterocycles. The number of benzene rings is 2. The fraction of sp³-hybridized carbons (Fsp3) is 0.111. The number of hydrazone groups is 1. The van der Waals surface area contributed by atoms with E-state index in [9.17, 15) is 17.6 Å². The second-order valence-corrected chi connectivity index (χ2v) is 6.31. The maximum atomic E-state index is 13.3. The van der Waals surface area contributed by atoms with Crippen LogP contribution in [0, 0.1) is 5.82 Å². The standard InChI is InChI=1S/C18H13F4N3OS/c1-26-14-5-3-2-4-12(14)10-23-25-17-24-16(18(20,21)22)15(27-17)11-6-8-13(19)9-7-11/h2-10H,1H3,(H,24,25). The van der Waals surface area contributed by atoms with Gasteiger partial charge in [0, 0.05) is 5.56 Å². The average molecular weight is 395 g/mol. The van der Waals surface area contributed by atoms with E-state index in [1.54, 1.807) is 24.3 Å². The van der Waals surface area contributed by atoms with Gasteiger partial charge in [0.2, 0.25) is 5.13 Å². The normalized spacial score (nSPS) is 11.7. The van der Waals surface area contributed by atoms with Crippen molar-refractivity contribution < 1.29 is 22.3 Å². The summed E-state index contributed by atoms with van der Waals surface area (Å²) in [6, 6.07) is 11.8. The van der Waals surface area contributed by atoms with Crippen LogP contribution in [-0.2, 0) is 6.18 Å². The number of halogens is 4. The minimum atomic E-state index is -4.65. The summed E-state index contributed by atoms with van der Waals surface area (Å²) in [5.74, 6) is 0.0433. The molecule has 0 atom stereocenters. The quantitative estimate of drug-likeness (QED) is 0.356. The van der Waals surface area contributed by atoms with Crippen LogP contribution in [-0.4, -0.2) is 18.3 Å². The number of hydrogen-bond donors (Lipinski definition) is 1. The van der Waals surface area contributed by atoms with Crippen LogP contribution in [0.25, 0.3) is 10.4 Å². The van der Waals surface area contributed by atoms with Crippen LogP contribution in [0.2, 0.25) is 0 Å². The number of thiazole rings is 1. The summed E-state index contributed by atoms with van der Waals surface area (Å²) in [5, 5.41) is 3.90. The summed E-state index contributed by atoms with van der Waals surface area (Å²) < 4.78 is 58.1. The highest BCUT2D eigenvalue weighted by Crippen LogP contribution is 2.41. The number of para-hydroxylation sites is 1. The zero-order chi connectivity index (χ0) is 19.4. The molecule has 4 nitrogen and oxygen atoms in total. The Morgan fingerprint density at radius 3 is 2.48 bits per heavy atom. The van der Waals surface area contributed by atoms with Crippen LogP contribution in [0.15, 0.2) is 53.6 Å².